The van der Waals surface area contributed by atoms with Gasteiger partial charge < -0.3 is 19.3 Å². The Hall–Kier alpha value is -4.03. The quantitative estimate of drug-likeness (QED) is 0.199. The number of hydrogen-bond donors (Lipinski definition) is 2. The number of aliphatic hydroxyl groups excluding tert-OH is 1. The molecule has 2 heterocycles. The molecule has 2 N–H and O–H groups in total. The number of amides is 1. The third-order valence-corrected chi connectivity index (χ3v) is 7.24. The molecule has 3 atom stereocenters. The van der Waals surface area contributed by atoms with Crippen LogP contribution in [0.3, 0.4) is 0 Å². The highest BCUT2D eigenvalue weighted by molar-refractivity contribution is 7.99. The van der Waals surface area contributed by atoms with Crippen molar-refractivity contribution in [2.24, 2.45) is 0 Å². The molecule has 0 spiro atoms. The SMILES string of the molecule is C=CCOC(=O)Nc1cccc([C@H]2O[C@@H](CSc3nnnn3-c3ccccc3)C[C@@H](c3ccc(CO)cc3)O2)c1. The summed E-state index contributed by atoms with van der Waals surface area (Å²) in [6, 6.07) is 24.7. The molecule has 10 nitrogen and oxygen atoms in total. The Kier molecular flexibility index (Phi) is 9.19. The van der Waals surface area contributed by atoms with Crippen molar-refractivity contribution in [2.75, 3.05) is 17.7 Å². The number of benzene rings is 3. The van der Waals surface area contributed by atoms with Crippen LogP contribution in [0.5, 0.6) is 0 Å². The number of para-hydroxylation sites is 1. The minimum absolute atomic E-state index is 0.0258. The van der Waals surface area contributed by atoms with E-state index < -0.39 is 12.4 Å². The molecule has 0 saturated carbocycles. The first-order chi connectivity index (χ1) is 19.6. The maximum atomic E-state index is 12.0. The van der Waals surface area contributed by atoms with Crippen LogP contribution in [0.1, 0.15) is 35.5 Å². The highest BCUT2D eigenvalue weighted by Crippen LogP contribution is 2.39. The molecule has 1 aliphatic rings. The summed E-state index contributed by atoms with van der Waals surface area (Å²) in [5.74, 6) is 0.587. The van der Waals surface area contributed by atoms with Crippen molar-refractivity contribution >= 4 is 23.5 Å². The van der Waals surface area contributed by atoms with E-state index in [9.17, 15) is 9.90 Å². The lowest BCUT2D eigenvalue weighted by Gasteiger charge is -2.36. The number of carbonyl (C=O) groups is 1. The predicted octanol–water partition coefficient (Wildman–Crippen LogP) is 5.23. The highest BCUT2D eigenvalue weighted by atomic mass is 32.2. The first-order valence-electron chi connectivity index (χ1n) is 12.7. The third kappa shape index (κ3) is 6.93. The van der Waals surface area contributed by atoms with Crippen molar-refractivity contribution in [3.63, 3.8) is 0 Å². The molecular formula is C29H29N5O5S. The van der Waals surface area contributed by atoms with E-state index in [1.807, 2.05) is 66.7 Å². The number of rotatable bonds is 10. The lowest BCUT2D eigenvalue weighted by molar-refractivity contribution is -0.245. The zero-order valence-electron chi connectivity index (χ0n) is 21.6. The van der Waals surface area contributed by atoms with Gasteiger partial charge in [-0.3, -0.25) is 5.32 Å². The van der Waals surface area contributed by atoms with E-state index in [1.54, 1.807) is 16.8 Å². The van der Waals surface area contributed by atoms with Crippen molar-refractivity contribution in [3.8, 4) is 5.69 Å². The number of carbonyl (C=O) groups excluding carboxylic acids is 1. The number of nitrogens with zero attached hydrogens (tertiary/aromatic N) is 4. The first kappa shape index (κ1) is 27.5. The fraction of sp³-hybridized carbons (Fsp3) is 0.241. The average molecular weight is 560 g/mol. The van der Waals surface area contributed by atoms with Crippen LogP contribution in [0.4, 0.5) is 10.5 Å². The molecule has 1 saturated heterocycles. The monoisotopic (exact) mass is 559 g/mol. The zero-order chi connectivity index (χ0) is 27.7. The molecular weight excluding hydrogens is 530 g/mol. The molecule has 1 aromatic heterocycles. The van der Waals surface area contributed by atoms with Crippen LogP contribution in [0.15, 0.2) is 96.7 Å². The summed E-state index contributed by atoms with van der Waals surface area (Å²) < 4.78 is 19.6. The van der Waals surface area contributed by atoms with E-state index in [0.29, 0.717) is 23.0 Å². The smallest absolute Gasteiger partial charge is 0.411 e. The maximum absolute atomic E-state index is 12.0. The standard InChI is InChI=1S/C29H29N5O5S/c1-2-15-37-29(36)30-23-8-6-7-22(16-23)27-38-25(17-26(39-27)21-13-11-20(18-35)12-14-21)19-40-28-31-32-33-34(28)24-9-4-3-5-10-24/h2-14,16,25-27,35H,1,15,17-19H2,(H,30,36)/t25-,26+,27+/m1/s1. The van der Waals surface area contributed by atoms with Crippen molar-refractivity contribution in [1.29, 1.82) is 0 Å². The third-order valence-electron chi connectivity index (χ3n) is 6.19. The van der Waals surface area contributed by atoms with E-state index in [4.69, 9.17) is 14.2 Å². The second kappa shape index (κ2) is 13.4. The summed E-state index contributed by atoms with van der Waals surface area (Å²) in [4.78, 5) is 12.0. The summed E-state index contributed by atoms with van der Waals surface area (Å²) in [7, 11) is 0. The Labute approximate surface area is 236 Å². The van der Waals surface area contributed by atoms with E-state index in [0.717, 1.165) is 22.4 Å². The lowest BCUT2D eigenvalue weighted by atomic mass is 10.0. The molecule has 206 valence electrons. The first-order valence-corrected chi connectivity index (χ1v) is 13.7. The molecule has 5 rings (SSSR count). The van der Waals surface area contributed by atoms with Crippen LogP contribution in [0.2, 0.25) is 0 Å². The number of nitrogens with one attached hydrogen (secondary N) is 1. The van der Waals surface area contributed by atoms with Crippen molar-refractivity contribution in [1.82, 2.24) is 20.2 Å². The second-order valence-corrected chi connectivity index (χ2v) is 9.99. The molecule has 0 unspecified atom stereocenters. The van der Waals surface area contributed by atoms with Crippen molar-refractivity contribution in [3.05, 3.63) is 108 Å². The van der Waals surface area contributed by atoms with Gasteiger partial charge in [-0.1, -0.05) is 79.0 Å². The average Bonchev–Trinajstić information content (AvgIpc) is 3.48. The van der Waals surface area contributed by atoms with Crippen LogP contribution >= 0.6 is 11.8 Å². The summed E-state index contributed by atoms with van der Waals surface area (Å²) in [5, 5.41) is 25.0. The number of hydrogen-bond acceptors (Lipinski definition) is 9. The Morgan fingerprint density at radius 3 is 2.70 bits per heavy atom. The number of anilines is 1. The largest absolute Gasteiger partial charge is 0.445 e. The summed E-state index contributed by atoms with van der Waals surface area (Å²) in [6.45, 7) is 3.64. The summed E-state index contributed by atoms with van der Waals surface area (Å²) in [5.41, 5.74) is 3.99. The molecule has 4 aromatic rings. The molecule has 1 aliphatic heterocycles. The van der Waals surface area contributed by atoms with Gasteiger partial charge in [0.2, 0.25) is 5.16 Å². The van der Waals surface area contributed by atoms with Crippen molar-refractivity contribution in [2.45, 2.75) is 36.7 Å². The van der Waals surface area contributed by atoms with Crippen LogP contribution < -0.4 is 5.32 Å². The number of ether oxygens (including phenoxy) is 3. The van der Waals surface area contributed by atoms with Gasteiger partial charge in [0.15, 0.2) is 6.29 Å². The van der Waals surface area contributed by atoms with Crippen LogP contribution in [0.25, 0.3) is 5.69 Å². The Morgan fingerprint density at radius 1 is 1.10 bits per heavy atom. The highest BCUT2D eigenvalue weighted by Gasteiger charge is 2.33. The molecule has 11 heteroatoms. The van der Waals surface area contributed by atoms with Gasteiger partial charge in [0.1, 0.15) is 6.61 Å². The van der Waals surface area contributed by atoms with E-state index in [1.165, 1.54) is 17.8 Å². The maximum Gasteiger partial charge on any atom is 0.411 e. The molecule has 0 radical (unpaired) electrons. The minimum atomic E-state index is -0.682. The van der Waals surface area contributed by atoms with E-state index >= 15 is 0 Å². The predicted molar refractivity (Wildman–Crippen MR) is 150 cm³/mol. The minimum Gasteiger partial charge on any atom is -0.445 e. The fourth-order valence-corrected chi connectivity index (χ4v) is 5.15. The molecule has 1 fully saturated rings. The normalized spacial score (nSPS) is 18.7. The Bertz CT molecular complexity index is 1420. The van der Waals surface area contributed by atoms with Crippen LogP contribution in [-0.2, 0) is 20.8 Å². The molecule has 0 bridgehead atoms. The van der Waals surface area contributed by atoms with Crippen molar-refractivity contribution < 1.29 is 24.1 Å². The van der Waals surface area contributed by atoms with Gasteiger partial charge in [-0.25, -0.2) is 4.79 Å². The summed E-state index contributed by atoms with van der Waals surface area (Å²) >= 11 is 1.51. The van der Waals surface area contributed by atoms with Gasteiger partial charge in [0.25, 0.3) is 0 Å². The second-order valence-electron chi connectivity index (χ2n) is 9.01. The lowest BCUT2D eigenvalue weighted by Crippen LogP contribution is -2.31. The molecule has 0 aliphatic carbocycles. The Balaban J connectivity index is 1.34. The Morgan fingerprint density at radius 2 is 1.93 bits per heavy atom. The zero-order valence-corrected chi connectivity index (χ0v) is 22.4. The van der Waals surface area contributed by atoms with E-state index in [2.05, 4.69) is 27.4 Å². The molecule has 1 amide bonds. The number of aliphatic hydroxyl groups is 1. The topological polar surface area (TPSA) is 121 Å². The molecule has 3 aromatic carbocycles. The van der Waals surface area contributed by atoms with Gasteiger partial charge in [0, 0.05) is 23.4 Å². The van der Waals surface area contributed by atoms with Crippen LogP contribution in [-0.4, -0.2) is 49.9 Å². The number of thioether (sulfide) groups is 1. The van der Waals surface area contributed by atoms with Gasteiger partial charge in [0.05, 0.1) is 24.5 Å². The number of aromatic nitrogens is 4. The van der Waals surface area contributed by atoms with E-state index in [-0.39, 0.29) is 25.4 Å². The van der Waals surface area contributed by atoms with Gasteiger partial charge in [-0.15, -0.1) is 5.10 Å². The van der Waals surface area contributed by atoms with Gasteiger partial charge in [-0.2, -0.15) is 4.68 Å². The fourth-order valence-electron chi connectivity index (χ4n) is 4.24. The number of tetrazole rings is 1. The van der Waals surface area contributed by atoms with Gasteiger partial charge in [-0.05, 0) is 45.8 Å². The summed E-state index contributed by atoms with van der Waals surface area (Å²) in [6.07, 6.45) is 0.412. The van der Waals surface area contributed by atoms with Gasteiger partial charge >= 0.3 is 6.09 Å². The van der Waals surface area contributed by atoms with Crippen LogP contribution in [0, 0.1) is 0 Å². The molecule has 40 heavy (non-hydrogen) atoms.